The summed E-state index contributed by atoms with van der Waals surface area (Å²) in [4.78, 5) is 11.7. The minimum absolute atomic E-state index is 0.194. The first-order chi connectivity index (χ1) is 9.24. The number of nitrogens with one attached hydrogen (secondary N) is 2. The van der Waals surface area contributed by atoms with E-state index in [-0.39, 0.29) is 5.91 Å². The maximum atomic E-state index is 11.7. The largest absolute Gasteiger partial charge is 0.356 e. The second kappa shape index (κ2) is 7.29. The molecule has 1 aromatic carbocycles. The fraction of sp³-hybridized carbons (Fsp3) is 0.562. The van der Waals surface area contributed by atoms with Crippen molar-refractivity contribution in [1.82, 2.24) is 10.6 Å². The SMILES string of the molecule is Cc1ccc(CCNC(=O)CCC2CCNC2)cc1. The van der Waals surface area contributed by atoms with Crippen LogP contribution in [-0.4, -0.2) is 25.5 Å². The quantitative estimate of drug-likeness (QED) is 0.822. The lowest BCUT2D eigenvalue weighted by atomic mass is 10.0. The molecule has 3 nitrogen and oxygen atoms in total. The van der Waals surface area contributed by atoms with E-state index >= 15 is 0 Å². The van der Waals surface area contributed by atoms with Gasteiger partial charge in [-0.2, -0.15) is 0 Å². The van der Waals surface area contributed by atoms with E-state index in [1.165, 1.54) is 17.5 Å². The third kappa shape index (κ3) is 5.03. The molecule has 0 aromatic heterocycles. The lowest BCUT2D eigenvalue weighted by Gasteiger charge is -2.08. The van der Waals surface area contributed by atoms with Gasteiger partial charge in [0.05, 0.1) is 0 Å². The van der Waals surface area contributed by atoms with Gasteiger partial charge in [0.2, 0.25) is 5.91 Å². The molecular formula is C16H24N2O. The molecule has 1 aromatic rings. The minimum Gasteiger partial charge on any atom is -0.356 e. The molecule has 0 saturated carbocycles. The van der Waals surface area contributed by atoms with E-state index in [2.05, 4.69) is 41.8 Å². The van der Waals surface area contributed by atoms with Gasteiger partial charge in [-0.25, -0.2) is 0 Å². The summed E-state index contributed by atoms with van der Waals surface area (Å²) in [5.41, 5.74) is 2.56. The summed E-state index contributed by atoms with van der Waals surface area (Å²) in [6, 6.07) is 8.49. The van der Waals surface area contributed by atoms with Gasteiger partial charge in [-0.15, -0.1) is 0 Å². The van der Waals surface area contributed by atoms with Gasteiger partial charge < -0.3 is 10.6 Å². The summed E-state index contributed by atoms with van der Waals surface area (Å²) in [7, 11) is 0. The van der Waals surface area contributed by atoms with Crippen molar-refractivity contribution >= 4 is 5.91 Å². The highest BCUT2D eigenvalue weighted by Crippen LogP contribution is 2.13. The van der Waals surface area contributed by atoms with E-state index in [1.807, 2.05) is 0 Å². The Morgan fingerprint density at radius 3 is 2.84 bits per heavy atom. The van der Waals surface area contributed by atoms with E-state index in [1.54, 1.807) is 0 Å². The molecule has 1 atom stereocenters. The van der Waals surface area contributed by atoms with Crippen LogP contribution in [0.3, 0.4) is 0 Å². The molecular weight excluding hydrogens is 236 g/mol. The predicted molar refractivity (Wildman–Crippen MR) is 78.1 cm³/mol. The molecule has 0 spiro atoms. The Morgan fingerprint density at radius 2 is 2.16 bits per heavy atom. The van der Waals surface area contributed by atoms with Crippen LogP contribution in [0.4, 0.5) is 0 Å². The van der Waals surface area contributed by atoms with Gasteiger partial charge in [0, 0.05) is 13.0 Å². The lowest BCUT2D eigenvalue weighted by Crippen LogP contribution is -2.26. The smallest absolute Gasteiger partial charge is 0.220 e. The number of rotatable bonds is 6. The molecule has 2 rings (SSSR count). The van der Waals surface area contributed by atoms with Crippen LogP contribution in [0.5, 0.6) is 0 Å². The van der Waals surface area contributed by atoms with Gasteiger partial charge in [-0.05, 0) is 50.8 Å². The minimum atomic E-state index is 0.194. The van der Waals surface area contributed by atoms with E-state index in [4.69, 9.17) is 0 Å². The molecule has 0 radical (unpaired) electrons. The molecule has 1 heterocycles. The van der Waals surface area contributed by atoms with Crippen molar-refractivity contribution in [3.05, 3.63) is 35.4 Å². The second-order valence-electron chi connectivity index (χ2n) is 5.48. The fourth-order valence-electron chi connectivity index (χ4n) is 2.49. The highest BCUT2D eigenvalue weighted by Gasteiger charge is 2.15. The van der Waals surface area contributed by atoms with Crippen molar-refractivity contribution < 1.29 is 4.79 Å². The first kappa shape index (κ1) is 14.1. The first-order valence-corrected chi connectivity index (χ1v) is 7.27. The van der Waals surface area contributed by atoms with E-state index in [9.17, 15) is 4.79 Å². The number of carbonyl (C=O) groups excluding carboxylic acids is 1. The van der Waals surface area contributed by atoms with Crippen molar-refractivity contribution in [3.8, 4) is 0 Å². The number of benzene rings is 1. The van der Waals surface area contributed by atoms with Gasteiger partial charge in [0.1, 0.15) is 0 Å². The third-order valence-corrected chi connectivity index (χ3v) is 3.80. The molecule has 104 valence electrons. The third-order valence-electron chi connectivity index (χ3n) is 3.80. The van der Waals surface area contributed by atoms with Crippen LogP contribution in [0, 0.1) is 12.8 Å². The Hall–Kier alpha value is -1.35. The van der Waals surface area contributed by atoms with E-state index in [0.717, 1.165) is 32.5 Å². The Morgan fingerprint density at radius 1 is 1.37 bits per heavy atom. The number of hydrogen-bond donors (Lipinski definition) is 2. The summed E-state index contributed by atoms with van der Waals surface area (Å²) >= 11 is 0. The lowest BCUT2D eigenvalue weighted by molar-refractivity contribution is -0.121. The highest BCUT2D eigenvalue weighted by molar-refractivity contribution is 5.75. The number of hydrogen-bond acceptors (Lipinski definition) is 2. The molecule has 0 aliphatic carbocycles. The van der Waals surface area contributed by atoms with Gasteiger partial charge >= 0.3 is 0 Å². The molecule has 1 saturated heterocycles. The van der Waals surface area contributed by atoms with Gasteiger partial charge in [-0.3, -0.25) is 4.79 Å². The molecule has 2 N–H and O–H groups in total. The van der Waals surface area contributed by atoms with E-state index in [0.29, 0.717) is 12.3 Å². The van der Waals surface area contributed by atoms with Crippen LogP contribution in [0.1, 0.15) is 30.4 Å². The summed E-state index contributed by atoms with van der Waals surface area (Å²) in [6.07, 6.45) is 3.82. The second-order valence-corrected chi connectivity index (χ2v) is 5.48. The summed E-state index contributed by atoms with van der Waals surface area (Å²) < 4.78 is 0. The van der Waals surface area contributed by atoms with Crippen LogP contribution in [-0.2, 0) is 11.2 Å². The summed E-state index contributed by atoms with van der Waals surface area (Å²) in [5.74, 6) is 0.891. The first-order valence-electron chi connectivity index (χ1n) is 7.27. The average molecular weight is 260 g/mol. The van der Waals surface area contributed by atoms with Crippen LogP contribution < -0.4 is 10.6 Å². The topological polar surface area (TPSA) is 41.1 Å². The van der Waals surface area contributed by atoms with Crippen molar-refractivity contribution in [1.29, 1.82) is 0 Å². The predicted octanol–water partition coefficient (Wildman–Crippen LogP) is 2.04. The Bertz CT molecular complexity index is 394. The van der Waals surface area contributed by atoms with Crippen LogP contribution >= 0.6 is 0 Å². The summed E-state index contributed by atoms with van der Waals surface area (Å²) in [6.45, 7) is 5.02. The zero-order valence-electron chi connectivity index (χ0n) is 11.7. The maximum Gasteiger partial charge on any atom is 0.220 e. The molecule has 0 bridgehead atoms. The molecule has 19 heavy (non-hydrogen) atoms. The number of aryl methyl sites for hydroxylation is 1. The zero-order chi connectivity index (χ0) is 13.5. The van der Waals surface area contributed by atoms with Crippen LogP contribution in [0.2, 0.25) is 0 Å². The average Bonchev–Trinajstić information content (AvgIpc) is 2.92. The van der Waals surface area contributed by atoms with Gasteiger partial charge in [-0.1, -0.05) is 29.8 Å². The van der Waals surface area contributed by atoms with Crippen molar-refractivity contribution in [2.45, 2.75) is 32.6 Å². The van der Waals surface area contributed by atoms with Crippen molar-refractivity contribution in [3.63, 3.8) is 0 Å². The molecule has 1 aliphatic rings. The van der Waals surface area contributed by atoms with Crippen LogP contribution in [0.15, 0.2) is 24.3 Å². The Balaban J connectivity index is 1.59. The van der Waals surface area contributed by atoms with Crippen molar-refractivity contribution in [2.24, 2.45) is 5.92 Å². The Labute approximate surface area is 115 Å². The van der Waals surface area contributed by atoms with Crippen LogP contribution in [0.25, 0.3) is 0 Å². The normalized spacial score (nSPS) is 18.5. The molecule has 1 aliphatic heterocycles. The monoisotopic (exact) mass is 260 g/mol. The number of carbonyl (C=O) groups is 1. The summed E-state index contributed by atoms with van der Waals surface area (Å²) in [5, 5.41) is 6.34. The molecule has 3 heteroatoms. The fourth-order valence-corrected chi connectivity index (χ4v) is 2.49. The van der Waals surface area contributed by atoms with Gasteiger partial charge in [0.25, 0.3) is 0 Å². The maximum absolute atomic E-state index is 11.7. The molecule has 1 unspecified atom stereocenters. The number of amides is 1. The standard InChI is InChI=1S/C16H24N2O/c1-13-2-4-14(5-3-13)9-11-18-16(19)7-6-15-8-10-17-12-15/h2-5,15,17H,6-12H2,1H3,(H,18,19). The van der Waals surface area contributed by atoms with Gasteiger partial charge in [0.15, 0.2) is 0 Å². The molecule has 1 amide bonds. The zero-order valence-corrected chi connectivity index (χ0v) is 11.7. The molecule has 1 fully saturated rings. The Kier molecular flexibility index (Phi) is 5.40. The highest BCUT2D eigenvalue weighted by atomic mass is 16.1. The van der Waals surface area contributed by atoms with Crippen molar-refractivity contribution in [2.75, 3.05) is 19.6 Å². The van der Waals surface area contributed by atoms with E-state index < -0.39 is 0 Å².